The van der Waals surface area contributed by atoms with Crippen molar-refractivity contribution in [1.29, 1.82) is 0 Å². The third kappa shape index (κ3) is 4.50. The predicted molar refractivity (Wildman–Crippen MR) is 87.4 cm³/mol. The minimum atomic E-state index is 0.0552. The summed E-state index contributed by atoms with van der Waals surface area (Å²) in [5.41, 5.74) is 3.25. The fraction of sp³-hybridized carbons (Fsp3) is 0.235. The molecule has 0 fully saturated rings. The Kier molecular flexibility index (Phi) is 5.23. The van der Waals surface area contributed by atoms with Crippen molar-refractivity contribution in [3.63, 3.8) is 0 Å². The molecular formula is C17H19ClN2O. The zero-order chi connectivity index (χ0) is 15.2. The summed E-state index contributed by atoms with van der Waals surface area (Å²) in [6.07, 6.45) is 0. The molecule has 2 aromatic rings. The molecule has 0 aliphatic carbocycles. The molecule has 0 unspecified atom stereocenters. The van der Waals surface area contributed by atoms with Crippen LogP contribution in [0.5, 0.6) is 0 Å². The zero-order valence-electron chi connectivity index (χ0n) is 12.3. The number of nitrogens with zero attached hydrogens (tertiary/aromatic N) is 1. The molecule has 3 nitrogen and oxygen atoms in total. The number of amides is 1. The molecule has 0 saturated heterocycles. The van der Waals surface area contributed by atoms with Gasteiger partial charge in [0.15, 0.2) is 0 Å². The number of para-hydroxylation sites is 1. The number of benzene rings is 2. The fourth-order valence-corrected chi connectivity index (χ4v) is 2.25. The van der Waals surface area contributed by atoms with Crippen LogP contribution in [0.3, 0.4) is 0 Å². The molecule has 0 aromatic heterocycles. The monoisotopic (exact) mass is 302 g/mol. The van der Waals surface area contributed by atoms with E-state index in [1.54, 1.807) is 18.9 Å². The van der Waals surface area contributed by atoms with Gasteiger partial charge in [-0.25, -0.2) is 0 Å². The molecule has 0 spiro atoms. The van der Waals surface area contributed by atoms with E-state index in [1.165, 1.54) is 0 Å². The fourth-order valence-electron chi connectivity index (χ4n) is 2.04. The van der Waals surface area contributed by atoms with Crippen LogP contribution in [0.4, 0.5) is 5.69 Å². The summed E-state index contributed by atoms with van der Waals surface area (Å²) < 4.78 is 0. The molecular weight excluding hydrogens is 284 g/mol. The number of carbonyl (C=O) groups is 1. The van der Waals surface area contributed by atoms with Crippen molar-refractivity contribution in [2.45, 2.75) is 20.0 Å². The van der Waals surface area contributed by atoms with Gasteiger partial charge in [-0.05, 0) is 29.3 Å². The van der Waals surface area contributed by atoms with Gasteiger partial charge >= 0.3 is 0 Å². The van der Waals surface area contributed by atoms with Gasteiger partial charge in [-0.15, -0.1) is 0 Å². The number of anilines is 1. The topological polar surface area (TPSA) is 32.3 Å². The summed E-state index contributed by atoms with van der Waals surface area (Å²) in [6, 6.07) is 15.8. The van der Waals surface area contributed by atoms with Crippen LogP contribution in [0, 0.1) is 0 Å². The Labute approximate surface area is 130 Å². The SMILES string of the molecule is CC(=O)N(C)Cc1ccccc1NCc1cccc(Cl)c1. The number of rotatable bonds is 5. The van der Waals surface area contributed by atoms with Crippen molar-refractivity contribution in [2.75, 3.05) is 12.4 Å². The van der Waals surface area contributed by atoms with Gasteiger partial charge < -0.3 is 10.2 Å². The first kappa shape index (κ1) is 15.4. The largest absolute Gasteiger partial charge is 0.381 e. The maximum atomic E-state index is 11.4. The third-order valence-electron chi connectivity index (χ3n) is 3.33. The van der Waals surface area contributed by atoms with Gasteiger partial charge in [0.25, 0.3) is 0 Å². The van der Waals surface area contributed by atoms with Crippen molar-refractivity contribution in [3.05, 3.63) is 64.7 Å². The predicted octanol–water partition coefficient (Wildman–Crippen LogP) is 3.93. The minimum absolute atomic E-state index is 0.0552. The van der Waals surface area contributed by atoms with Crippen LogP contribution in [0.1, 0.15) is 18.1 Å². The normalized spacial score (nSPS) is 10.2. The molecule has 0 aliphatic rings. The highest BCUT2D eigenvalue weighted by Gasteiger charge is 2.07. The molecule has 0 atom stereocenters. The van der Waals surface area contributed by atoms with Crippen LogP contribution in [-0.2, 0) is 17.9 Å². The molecule has 0 bridgehead atoms. The van der Waals surface area contributed by atoms with Crippen LogP contribution in [0.2, 0.25) is 5.02 Å². The Balaban J connectivity index is 2.08. The summed E-state index contributed by atoms with van der Waals surface area (Å²) in [5, 5.41) is 4.14. The molecule has 21 heavy (non-hydrogen) atoms. The molecule has 0 heterocycles. The summed E-state index contributed by atoms with van der Waals surface area (Å²) in [6.45, 7) is 2.86. The first-order chi connectivity index (χ1) is 10.1. The van der Waals surface area contributed by atoms with Crippen LogP contribution in [0.25, 0.3) is 0 Å². The number of hydrogen-bond acceptors (Lipinski definition) is 2. The van der Waals surface area contributed by atoms with Gasteiger partial charge in [0, 0.05) is 37.8 Å². The highest BCUT2D eigenvalue weighted by atomic mass is 35.5. The molecule has 2 rings (SSSR count). The van der Waals surface area contributed by atoms with Crippen LogP contribution < -0.4 is 5.32 Å². The van der Waals surface area contributed by atoms with E-state index in [2.05, 4.69) is 5.32 Å². The Hall–Kier alpha value is -2.00. The molecule has 1 N–H and O–H groups in total. The van der Waals surface area contributed by atoms with E-state index in [-0.39, 0.29) is 5.91 Å². The maximum absolute atomic E-state index is 11.4. The molecule has 2 aromatic carbocycles. The smallest absolute Gasteiger partial charge is 0.219 e. The Bertz CT molecular complexity index is 628. The highest BCUT2D eigenvalue weighted by Crippen LogP contribution is 2.19. The standard InChI is InChI=1S/C17H19ClN2O/c1-13(21)20(2)12-15-7-3-4-9-17(15)19-11-14-6-5-8-16(18)10-14/h3-10,19H,11-12H2,1-2H3. The van der Waals surface area contributed by atoms with Gasteiger partial charge in [-0.1, -0.05) is 41.9 Å². The van der Waals surface area contributed by atoms with E-state index in [0.29, 0.717) is 13.1 Å². The zero-order valence-corrected chi connectivity index (χ0v) is 13.0. The lowest BCUT2D eigenvalue weighted by atomic mass is 10.1. The van der Waals surface area contributed by atoms with Gasteiger partial charge in [-0.2, -0.15) is 0 Å². The Morgan fingerprint density at radius 1 is 1.19 bits per heavy atom. The third-order valence-corrected chi connectivity index (χ3v) is 3.57. The maximum Gasteiger partial charge on any atom is 0.219 e. The van der Waals surface area contributed by atoms with Crippen LogP contribution in [0.15, 0.2) is 48.5 Å². The second-order valence-corrected chi connectivity index (χ2v) is 5.45. The molecule has 110 valence electrons. The van der Waals surface area contributed by atoms with Crippen molar-refractivity contribution < 1.29 is 4.79 Å². The minimum Gasteiger partial charge on any atom is -0.381 e. The van der Waals surface area contributed by atoms with E-state index < -0.39 is 0 Å². The van der Waals surface area contributed by atoms with Gasteiger partial charge in [0.1, 0.15) is 0 Å². The van der Waals surface area contributed by atoms with E-state index in [0.717, 1.165) is 21.8 Å². The van der Waals surface area contributed by atoms with Crippen molar-refractivity contribution in [3.8, 4) is 0 Å². The average Bonchev–Trinajstić information content (AvgIpc) is 2.46. The van der Waals surface area contributed by atoms with E-state index in [9.17, 15) is 4.79 Å². The molecule has 0 aliphatic heterocycles. The average molecular weight is 303 g/mol. The molecule has 4 heteroatoms. The summed E-state index contributed by atoms with van der Waals surface area (Å²) in [4.78, 5) is 13.1. The molecule has 0 radical (unpaired) electrons. The Morgan fingerprint density at radius 2 is 1.95 bits per heavy atom. The van der Waals surface area contributed by atoms with E-state index >= 15 is 0 Å². The lowest BCUT2D eigenvalue weighted by Gasteiger charge is -2.18. The van der Waals surface area contributed by atoms with E-state index in [4.69, 9.17) is 11.6 Å². The lowest BCUT2D eigenvalue weighted by Crippen LogP contribution is -2.23. The van der Waals surface area contributed by atoms with E-state index in [1.807, 2.05) is 48.5 Å². The summed E-state index contributed by atoms with van der Waals surface area (Å²) in [7, 11) is 1.80. The quantitative estimate of drug-likeness (QED) is 0.907. The second-order valence-electron chi connectivity index (χ2n) is 5.02. The molecule has 0 saturated carbocycles. The first-order valence-electron chi connectivity index (χ1n) is 6.84. The number of nitrogens with one attached hydrogen (secondary N) is 1. The van der Waals surface area contributed by atoms with Gasteiger partial charge in [-0.3, -0.25) is 4.79 Å². The summed E-state index contributed by atoms with van der Waals surface area (Å²) in [5.74, 6) is 0.0552. The van der Waals surface area contributed by atoms with Crippen molar-refractivity contribution >= 4 is 23.2 Å². The highest BCUT2D eigenvalue weighted by molar-refractivity contribution is 6.30. The molecule has 1 amide bonds. The first-order valence-corrected chi connectivity index (χ1v) is 7.22. The summed E-state index contributed by atoms with van der Waals surface area (Å²) >= 11 is 5.99. The second kappa shape index (κ2) is 7.14. The van der Waals surface area contributed by atoms with Crippen LogP contribution in [-0.4, -0.2) is 17.9 Å². The van der Waals surface area contributed by atoms with Crippen molar-refractivity contribution in [1.82, 2.24) is 4.90 Å². The number of carbonyl (C=O) groups excluding carboxylic acids is 1. The van der Waals surface area contributed by atoms with Gasteiger partial charge in [0.2, 0.25) is 5.91 Å². The van der Waals surface area contributed by atoms with Crippen LogP contribution >= 0.6 is 11.6 Å². The number of halogens is 1. The number of hydrogen-bond donors (Lipinski definition) is 1. The van der Waals surface area contributed by atoms with Crippen molar-refractivity contribution in [2.24, 2.45) is 0 Å². The van der Waals surface area contributed by atoms with Gasteiger partial charge in [0.05, 0.1) is 0 Å². The lowest BCUT2D eigenvalue weighted by molar-refractivity contribution is -0.128. The Morgan fingerprint density at radius 3 is 2.67 bits per heavy atom.